The summed E-state index contributed by atoms with van der Waals surface area (Å²) in [6, 6.07) is 0. The number of rotatable bonds is 2. The number of Topliss-reactive ketones (excluding diaryl/α,β-unsaturated/α-hetero) is 1. The highest BCUT2D eigenvalue weighted by atomic mass is 16.5. The van der Waals surface area contributed by atoms with Crippen LogP contribution in [0.4, 0.5) is 0 Å². The van der Waals surface area contributed by atoms with Gasteiger partial charge in [0.05, 0.1) is 0 Å². The van der Waals surface area contributed by atoms with Gasteiger partial charge in [-0.1, -0.05) is 31.2 Å². The number of ketones is 1. The van der Waals surface area contributed by atoms with Crippen molar-refractivity contribution in [2.45, 2.75) is 59.0 Å². The molecule has 0 radical (unpaired) electrons. The van der Waals surface area contributed by atoms with E-state index in [-0.39, 0.29) is 35.1 Å². The molecule has 0 bridgehead atoms. The smallest absolute Gasteiger partial charge is 0.333 e. The first-order chi connectivity index (χ1) is 10.7. The van der Waals surface area contributed by atoms with Gasteiger partial charge in [-0.15, -0.1) is 0 Å². The molecule has 23 heavy (non-hydrogen) atoms. The second kappa shape index (κ2) is 5.47. The molecule has 3 rings (SSSR count). The minimum absolute atomic E-state index is 0.0361. The van der Waals surface area contributed by atoms with Gasteiger partial charge in [-0.3, -0.25) is 4.79 Å². The Morgan fingerprint density at radius 1 is 1.39 bits per heavy atom. The van der Waals surface area contributed by atoms with Gasteiger partial charge >= 0.3 is 5.97 Å². The minimum atomic E-state index is -0.357. The van der Waals surface area contributed by atoms with Crippen molar-refractivity contribution >= 4 is 11.8 Å². The van der Waals surface area contributed by atoms with Crippen molar-refractivity contribution < 1.29 is 14.3 Å². The summed E-state index contributed by atoms with van der Waals surface area (Å²) < 4.78 is 5.76. The van der Waals surface area contributed by atoms with Gasteiger partial charge in [-0.2, -0.15) is 0 Å². The molecule has 0 saturated heterocycles. The number of carbonyl (C=O) groups is 2. The Morgan fingerprint density at radius 2 is 2.09 bits per heavy atom. The van der Waals surface area contributed by atoms with Crippen molar-refractivity contribution in [1.82, 2.24) is 0 Å². The first-order valence-electron chi connectivity index (χ1n) is 8.53. The van der Waals surface area contributed by atoms with Crippen LogP contribution in [0.1, 0.15) is 52.9 Å². The normalized spacial score (nSPS) is 36.6. The lowest BCUT2D eigenvalue weighted by Gasteiger charge is -2.49. The highest BCUT2D eigenvalue weighted by Gasteiger charge is 2.55. The molecule has 0 aliphatic heterocycles. The van der Waals surface area contributed by atoms with Gasteiger partial charge in [-0.05, 0) is 56.4 Å². The van der Waals surface area contributed by atoms with E-state index in [4.69, 9.17) is 4.74 Å². The summed E-state index contributed by atoms with van der Waals surface area (Å²) in [5.41, 5.74) is 3.96. The molecule has 3 aliphatic carbocycles. The number of carbonyl (C=O) groups excluding carboxylic acids is 2. The molecular weight excluding hydrogens is 288 g/mol. The Morgan fingerprint density at radius 3 is 2.74 bits per heavy atom. The highest BCUT2D eigenvalue weighted by Crippen LogP contribution is 2.59. The number of hydrogen-bond donors (Lipinski definition) is 0. The van der Waals surface area contributed by atoms with Crippen molar-refractivity contribution in [2.75, 3.05) is 0 Å². The van der Waals surface area contributed by atoms with E-state index in [1.54, 1.807) is 6.92 Å². The maximum atomic E-state index is 12.3. The summed E-state index contributed by atoms with van der Waals surface area (Å²) >= 11 is 0. The van der Waals surface area contributed by atoms with E-state index in [1.807, 2.05) is 0 Å². The minimum Gasteiger partial charge on any atom is -0.458 e. The van der Waals surface area contributed by atoms with Crippen LogP contribution in [0.15, 0.2) is 35.5 Å². The Bertz CT molecular complexity index is 639. The second-order valence-electron chi connectivity index (χ2n) is 7.82. The lowest BCUT2D eigenvalue weighted by atomic mass is 9.57. The number of hydrogen-bond acceptors (Lipinski definition) is 3. The molecule has 0 spiro atoms. The van der Waals surface area contributed by atoms with E-state index in [9.17, 15) is 9.59 Å². The van der Waals surface area contributed by atoms with Gasteiger partial charge in [0.1, 0.15) is 6.10 Å². The third kappa shape index (κ3) is 2.50. The summed E-state index contributed by atoms with van der Waals surface area (Å²) in [5.74, 6) is -0.116. The van der Waals surface area contributed by atoms with Gasteiger partial charge in [0.15, 0.2) is 5.78 Å². The fourth-order valence-electron chi connectivity index (χ4n) is 5.08. The van der Waals surface area contributed by atoms with Crippen LogP contribution in [-0.2, 0) is 14.3 Å². The Balaban J connectivity index is 2.02. The molecule has 0 aromatic rings. The maximum Gasteiger partial charge on any atom is 0.333 e. The molecule has 1 unspecified atom stereocenters. The monoisotopic (exact) mass is 314 g/mol. The molecule has 0 amide bonds. The van der Waals surface area contributed by atoms with Gasteiger partial charge in [0, 0.05) is 17.9 Å². The summed E-state index contributed by atoms with van der Waals surface area (Å²) in [7, 11) is 0. The second-order valence-corrected chi connectivity index (χ2v) is 7.82. The Kier molecular flexibility index (Phi) is 3.86. The van der Waals surface area contributed by atoms with Crippen molar-refractivity contribution in [3.63, 3.8) is 0 Å². The molecule has 3 heteroatoms. The fourth-order valence-corrected chi connectivity index (χ4v) is 5.08. The van der Waals surface area contributed by atoms with E-state index >= 15 is 0 Å². The number of ether oxygens (including phenoxy) is 1. The number of fused-ring (bicyclic) bond motifs is 3. The van der Waals surface area contributed by atoms with E-state index < -0.39 is 0 Å². The topological polar surface area (TPSA) is 43.4 Å². The predicted octanol–water partition coefficient (Wildman–Crippen LogP) is 4.15. The average Bonchev–Trinajstić information content (AvgIpc) is 2.73. The summed E-state index contributed by atoms with van der Waals surface area (Å²) in [6.45, 7) is 13.8. The first kappa shape index (κ1) is 16.2. The molecule has 4 atom stereocenters. The van der Waals surface area contributed by atoms with Crippen molar-refractivity contribution in [3.8, 4) is 0 Å². The van der Waals surface area contributed by atoms with E-state index in [0.717, 1.165) is 19.3 Å². The van der Waals surface area contributed by atoms with Crippen molar-refractivity contribution in [1.29, 1.82) is 0 Å². The van der Waals surface area contributed by atoms with E-state index in [1.165, 1.54) is 17.6 Å². The molecular formula is C20H26O3. The Labute approximate surface area is 138 Å². The zero-order valence-electron chi connectivity index (χ0n) is 14.4. The first-order valence-corrected chi connectivity index (χ1v) is 8.53. The summed E-state index contributed by atoms with van der Waals surface area (Å²) in [6.07, 6.45) is 4.43. The van der Waals surface area contributed by atoms with Crippen molar-refractivity contribution in [2.24, 2.45) is 17.3 Å². The molecule has 0 aromatic carbocycles. The lowest BCUT2D eigenvalue weighted by Crippen LogP contribution is -2.45. The molecule has 0 heterocycles. The van der Waals surface area contributed by atoms with Crippen LogP contribution in [0.5, 0.6) is 0 Å². The largest absolute Gasteiger partial charge is 0.458 e. The molecule has 2 saturated carbocycles. The maximum absolute atomic E-state index is 12.3. The average molecular weight is 314 g/mol. The van der Waals surface area contributed by atoms with E-state index in [2.05, 4.69) is 27.0 Å². The summed E-state index contributed by atoms with van der Waals surface area (Å²) in [5, 5.41) is 0. The number of allylic oxidation sites excluding steroid dienone is 2. The molecule has 2 fully saturated rings. The Hall–Kier alpha value is -1.64. The SMILES string of the molecule is C=C(C)C(=O)O[C@H]1CC2(C)CCCC(C)=C2[C@H]2CC(=O)C(=C)[C@H]12. The number of esters is 1. The van der Waals surface area contributed by atoms with Crippen molar-refractivity contribution in [3.05, 3.63) is 35.5 Å². The van der Waals surface area contributed by atoms with Gasteiger partial charge < -0.3 is 4.74 Å². The van der Waals surface area contributed by atoms with Gasteiger partial charge in [0.25, 0.3) is 0 Å². The molecule has 124 valence electrons. The fraction of sp³-hybridized carbons (Fsp3) is 0.600. The summed E-state index contributed by atoms with van der Waals surface area (Å²) in [4.78, 5) is 24.4. The van der Waals surface area contributed by atoms with Crippen LogP contribution in [0.25, 0.3) is 0 Å². The van der Waals surface area contributed by atoms with Crippen LogP contribution < -0.4 is 0 Å². The van der Waals surface area contributed by atoms with Crippen LogP contribution in [0.3, 0.4) is 0 Å². The standard InChI is InChI=1S/C20H26O3/c1-11(2)19(22)23-16-10-20(5)8-6-7-12(3)18(20)14-9-15(21)13(4)17(14)16/h14,16-17H,1,4,6-10H2,2-3,5H3/t14-,16-,17-,20?/m0/s1. The molecule has 3 nitrogen and oxygen atoms in total. The van der Waals surface area contributed by atoms with Crippen LogP contribution in [-0.4, -0.2) is 17.9 Å². The van der Waals surface area contributed by atoms with Gasteiger partial charge in [-0.25, -0.2) is 4.79 Å². The third-order valence-electron chi connectivity index (χ3n) is 6.02. The van der Waals surface area contributed by atoms with Crippen LogP contribution in [0, 0.1) is 17.3 Å². The van der Waals surface area contributed by atoms with E-state index in [0.29, 0.717) is 17.6 Å². The molecule has 3 aliphatic rings. The van der Waals surface area contributed by atoms with Gasteiger partial charge in [0.2, 0.25) is 0 Å². The lowest BCUT2D eigenvalue weighted by molar-refractivity contribution is -0.150. The zero-order valence-corrected chi connectivity index (χ0v) is 14.4. The predicted molar refractivity (Wildman–Crippen MR) is 89.7 cm³/mol. The third-order valence-corrected chi connectivity index (χ3v) is 6.02. The highest BCUT2D eigenvalue weighted by molar-refractivity contribution is 5.99. The van der Waals surface area contributed by atoms with Crippen LogP contribution >= 0.6 is 0 Å². The quantitative estimate of drug-likeness (QED) is 0.437. The molecule has 0 aromatic heterocycles. The van der Waals surface area contributed by atoms with Crippen LogP contribution in [0.2, 0.25) is 0 Å². The zero-order chi connectivity index (χ0) is 16.9. The molecule has 0 N–H and O–H groups in total.